The second-order valence-electron chi connectivity index (χ2n) is 10.5. The molecule has 3 heterocycles. The van der Waals surface area contributed by atoms with Crippen LogP contribution in [0.4, 0.5) is 0 Å². The second kappa shape index (κ2) is 13.9. The second-order valence-corrected chi connectivity index (χ2v) is 10.5. The summed E-state index contributed by atoms with van der Waals surface area (Å²) in [5.74, 6) is -2.26. The standard InChI is InChI=1S/C30H35N5O8/c1-16-13-23(37)43-18(3)24(16)28(40)32-20-11-7-8-12-31-29(41)25(17(2)36)35-27(39)22-15-42-30(34-22)21(33-26(20)38)14-19-9-5-4-6-10-19/h4-6,9-10,13,15,17,20-21,25,36H,7-8,11-12,14H2,1-3H3,(H,31,41)(H,32,40)(H,33,38)(H,35,39)/t17-,20+,21+,25+/m1/s1. The van der Waals surface area contributed by atoms with E-state index in [0.717, 1.165) is 11.8 Å². The normalized spacial score (nSPS) is 20.8. The van der Waals surface area contributed by atoms with Crippen molar-refractivity contribution in [3.8, 4) is 0 Å². The van der Waals surface area contributed by atoms with Crippen molar-refractivity contribution in [3.63, 3.8) is 0 Å². The first kappa shape index (κ1) is 31.2. The zero-order valence-electron chi connectivity index (χ0n) is 24.1. The van der Waals surface area contributed by atoms with Crippen LogP contribution in [0.1, 0.15) is 75.9 Å². The van der Waals surface area contributed by atoms with Crippen molar-refractivity contribution in [2.45, 2.75) is 70.7 Å². The number of nitrogens with zero attached hydrogens (tertiary/aromatic N) is 1. The quantitative estimate of drug-likeness (QED) is 0.289. The third-order valence-corrected chi connectivity index (χ3v) is 7.11. The molecule has 1 aromatic carbocycles. The number of amides is 4. The number of nitrogens with one attached hydrogen (secondary N) is 4. The van der Waals surface area contributed by atoms with E-state index in [4.69, 9.17) is 8.83 Å². The third-order valence-electron chi connectivity index (χ3n) is 7.11. The molecule has 1 aliphatic heterocycles. The molecule has 0 saturated carbocycles. The molecule has 2 bridgehead atoms. The Labute approximate surface area is 247 Å². The Balaban J connectivity index is 1.66. The van der Waals surface area contributed by atoms with Gasteiger partial charge in [0.1, 0.15) is 30.1 Å². The van der Waals surface area contributed by atoms with Gasteiger partial charge < -0.3 is 35.2 Å². The molecule has 0 spiro atoms. The van der Waals surface area contributed by atoms with Crippen molar-refractivity contribution in [2.24, 2.45) is 0 Å². The largest absolute Gasteiger partial charge is 0.446 e. The van der Waals surface area contributed by atoms with Gasteiger partial charge in [-0.15, -0.1) is 0 Å². The lowest BCUT2D eigenvalue weighted by Crippen LogP contribution is -2.52. The fourth-order valence-corrected chi connectivity index (χ4v) is 4.89. The summed E-state index contributed by atoms with van der Waals surface area (Å²) in [6, 6.07) is 7.40. The highest BCUT2D eigenvalue weighted by molar-refractivity contribution is 5.99. The van der Waals surface area contributed by atoms with E-state index in [1.165, 1.54) is 19.9 Å². The Bertz CT molecular complexity index is 1500. The zero-order valence-corrected chi connectivity index (χ0v) is 24.1. The van der Waals surface area contributed by atoms with E-state index >= 15 is 0 Å². The van der Waals surface area contributed by atoms with Crippen LogP contribution < -0.4 is 26.9 Å². The Morgan fingerprint density at radius 3 is 2.53 bits per heavy atom. The molecule has 0 fully saturated rings. The fraction of sp³-hybridized carbons (Fsp3) is 0.400. The van der Waals surface area contributed by atoms with E-state index in [9.17, 15) is 29.1 Å². The predicted octanol–water partition coefficient (Wildman–Crippen LogP) is 1.22. The van der Waals surface area contributed by atoms with Gasteiger partial charge in [-0.1, -0.05) is 30.3 Å². The number of aryl methyl sites for hydroxylation is 2. The molecule has 228 valence electrons. The Kier molecular flexibility index (Phi) is 10.1. The van der Waals surface area contributed by atoms with Gasteiger partial charge in [0.05, 0.1) is 11.7 Å². The van der Waals surface area contributed by atoms with E-state index in [1.54, 1.807) is 6.92 Å². The topological polar surface area (TPSA) is 193 Å². The first-order valence-corrected chi connectivity index (χ1v) is 14.0. The molecular weight excluding hydrogens is 558 g/mol. The van der Waals surface area contributed by atoms with E-state index in [0.29, 0.717) is 18.4 Å². The van der Waals surface area contributed by atoms with Crippen LogP contribution in [0.15, 0.2) is 56.3 Å². The molecule has 4 amide bonds. The van der Waals surface area contributed by atoms with Crippen molar-refractivity contribution >= 4 is 23.6 Å². The Morgan fingerprint density at radius 2 is 1.84 bits per heavy atom. The molecule has 0 radical (unpaired) electrons. The van der Waals surface area contributed by atoms with Gasteiger partial charge in [-0.2, -0.15) is 0 Å². The summed E-state index contributed by atoms with van der Waals surface area (Å²) in [5, 5.41) is 21.0. The number of aliphatic hydroxyl groups is 1. The number of benzene rings is 1. The molecule has 43 heavy (non-hydrogen) atoms. The van der Waals surface area contributed by atoms with Crippen LogP contribution in [0.2, 0.25) is 0 Å². The average Bonchev–Trinajstić information content (AvgIpc) is 3.44. The molecule has 1 aliphatic rings. The minimum absolute atomic E-state index is 0.0362. The van der Waals surface area contributed by atoms with Crippen LogP contribution >= 0.6 is 0 Å². The smallest absolute Gasteiger partial charge is 0.336 e. The predicted molar refractivity (Wildman–Crippen MR) is 153 cm³/mol. The van der Waals surface area contributed by atoms with E-state index in [-0.39, 0.29) is 42.3 Å². The maximum Gasteiger partial charge on any atom is 0.336 e. The van der Waals surface area contributed by atoms with Crippen LogP contribution in [0.5, 0.6) is 0 Å². The lowest BCUT2D eigenvalue weighted by molar-refractivity contribution is -0.125. The third kappa shape index (κ3) is 7.95. The van der Waals surface area contributed by atoms with Crippen molar-refractivity contribution in [1.82, 2.24) is 26.3 Å². The molecule has 4 atom stereocenters. The number of hydrogen-bond donors (Lipinski definition) is 5. The van der Waals surface area contributed by atoms with Gasteiger partial charge in [0.2, 0.25) is 17.7 Å². The van der Waals surface area contributed by atoms with E-state index < -0.39 is 53.5 Å². The molecule has 5 N–H and O–H groups in total. The van der Waals surface area contributed by atoms with E-state index in [2.05, 4.69) is 26.3 Å². The number of aromatic nitrogens is 1. The van der Waals surface area contributed by atoms with Crippen LogP contribution in [-0.4, -0.2) is 58.5 Å². The van der Waals surface area contributed by atoms with Crippen LogP contribution in [0, 0.1) is 13.8 Å². The average molecular weight is 594 g/mol. The van der Waals surface area contributed by atoms with Gasteiger partial charge in [0.15, 0.2) is 5.69 Å². The van der Waals surface area contributed by atoms with Crippen molar-refractivity contribution < 1.29 is 33.1 Å². The molecule has 0 unspecified atom stereocenters. The lowest BCUT2D eigenvalue weighted by Gasteiger charge is -2.23. The molecular formula is C30H35N5O8. The number of aliphatic hydroxyl groups excluding tert-OH is 1. The SMILES string of the molecule is Cc1cc(=O)oc(C)c1C(=O)N[C@H]1CCCCNC(=O)[C@H]([C@@H](C)O)NC(=O)c2coc(n2)[C@H](Cc2ccccc2)NC1=O. The molecule has 13 heteroatoms. The fourth-order valence-electron chi connectivity index (χ4n) is 4.89. The Hall–Kier alpha value is -4.78. The summed E-state index contributed by atoms with van der Waals surface area (Å²) in [7, 11) is 0. The van der Waals surface area contributed by atoms with Crippen LogP contribution in [0.25, 0.3) is 0 Å². The summed E-state index contributed by atoms with van der Waals surface area (Å²) in [4.78, 5) is 68.7. The number of fused-ring (bicyclic) bond motifs is 2. The number of carbonyl (C=O) groups is 4. The zero-order chi connectivity index (χ0) is 31.1. The molecule has 13 nitrogen and oxygen atoms in total. The molecule has 0 aliphatic carbocycles. The van der Waals surface area contributed by atoms with Crippen LogP contribution in [0.3, 0.4) is 0 Å². The highest BCUT2D eigenvalue weighted by Gasteiger charge is 2.31. The van der Waals surface area contributed by atoms with Crippen LogP contribution in [-0.2, 0) is 16.0 Å². The van der Waals surface area contributed by atoms with Gasteiger partial charge >= 0.3 is 5.63 Å². The molecule has 2 aromatic heterocycles. The first-order valence-electron chi connectivity index (χ1n) is 14.0. The highest BCUT2D eigenvalue weighted by Crippen LogP contribution is 2.20. The minimum atomic E-state index is -1.23. The lowest BCUT2D eigenvalue weighted by atomic mass is 10.0. The van der Waals surface area contributed by atoms with Gasteiger partial charge in [0.25, 0.3) is 11.8 Å². The minimum Gasteiger partial charge on any atom is -0.446 e. The highest BCUT2D eigenvalue weighted by atomic mass is 16.4. The van der Waals surface area contributed by atoms with Gasteiger partial charge in [-0.3, -0.25) is 19.2 Å². The maximum absolute atomic E-state index is 13.7. The molecule has 4 rings (SSSR count). The summed E-state index contributed by atoms with van der Waals surface area (Å²) < 4.78 is 10.7. The molecule has 3 aromatic rings. The van der Waals surface area contributed by atoms with Gasteiger partial charge in [0, 0.05) is 19.0 Å². The number of carbonyl (C=O) groups excluding carboxylic acids is 4. The van der Waals surface area contributed by atoms with Gasteiger partial charge in [-0.25, -0.2) is 9.78 Å². The Morgan fingerprint density at radius 1 is 1.09 bits per heavy atom. The van der Waals surface area contributed by atoms with Gasteiger partial charge in [-0.05, 0) is 51.2 Å². The summed E-state index contributed by atoms with van der Waals surface area (Å²) in [6.45, 7) is 4.69. The first-order chi connectivity index (χ1) is 20.5. The number of oxazole rings is 1. The monoisotopic (exact) mass is 593 g/mol. The molecule has 0 saturated heterocycles. The van der Waals surface area contributed by atoms with E-state index in [1.807, 2.05) is 30.3 Å². The maximum atomic E-state index is 13.7. The summed E-state index contributed by atoms with van der Waals surface area (Å²) in [6.07, 6.45) is 1.27. The van der Waals surface area contributed by atoms with Crippen molar-refractivity contribution in [3.05, 3.63) is 87.1 Å². The van der Waals surface area contributed by atoms with Crippen molar-refractivity contribution in [1.29, 1.82) is 0 Å². The number of rotatable bonds is 5. The number of hydrogen-bond acceptors (Lipinski definition) is 9. The summed E-state index contributed by atoms with van der Waals surface area (Å²) >= 11 is 0. The van der Waals surface area contributed by atoms with Crippen molar-refractivity contribution in [2.75, 3.05) is 6.54 Å². The summed E-state index contributed by atoms with van der Waals surface area (Å²) in [5.41, 5.74) is 0.678.